The van der Waals surface area contributed by atoms with Gasteiger partial charge in [-0.05, 0) is 38.5 Å². The van der Waals surface area contributed by atoms with Gasteiger partial charge in [0, 0.05) is 29.9 Å². The molecule has 7 nitrogen and oxygen atoms in total. The lowest BCUT2D eigenvalue weighted by Gasteiger charge is -2.13. The van der Waals surface area contributed by atoms with Crippen molar-refractivity contribution in [1.29, 1.82) is 0 Å². The average molecular weight is 453 g/mol. The lowest BCUT2D eigenvalue weighted by Crippen LogP contribution is -2.26. The van der Waals surface area contributed by atoms with Crippen LogP contribution >= 0.6 is 0 Å². The van der Waals surface area contributed by atoms with Crippen LogP contribution in [0.3, 0.4) is 0 Å². The molecule has 0 saturated carbocycles. The third kappa shape index (κ3) is 9.80. The van der Waals surface area contributed by atoms with Crippen LogP contribution in [0.15, 0.2) is 60.8 Å². The van der Waals surface area contributed by atoms with E-state index in [4.69, 9.17) is 10.2 Å². The van der Waals surface area contributed by atoms with Crippen LogP contribution in [0.2, 0.25) is 0 Å². The third-order valence-corrected chi connectivity index (χ3v) is 4.38. The third-order valence-electron chi connectivity index (χ3n) is 4.38. The Kier molecular flexibility index (Phi) is 13.0. The van der Waals surface area contributed by atoms with Crippen molar-refractivity contribution in [2.45, 2.75) is 40.7 Å². The maximum atomic E-state index is 11.8. The average Bonchev–Trinajstić information content (AvgIpc) is 2.86. The number of rotatable bonds is 7. The molecular weight excluding hydrogens is 416 g/mol. The van der Waals surface area contributed by atoms with E-state index in [1.165, 1.54) is 5.56 Å². The fourth-order valence-electron chi connectivity index (χ4n) is 2.66. The van der Waals surface area contributed by atoms with Crippen LogP contribution in [0.4, 0.5) is 5.95 Å². The van der Waals surface area contributed by atoms with Crippen molar-refractivity contribution in [2.75, 3.05) is 25.1 Å². The highest BCUT2D eigenvalue weighted by Gasteiger charge is 2.10. The molecule has 0 spiro atoms. The van der Waals surface area contributed by atoms with E-state index in [0.29, 0.717) is 11.5 Å². The van der Waals surface area contributed by atoms with Gasteiger partial charge in [0.1, 0.15) is 0 Å². The molecule has 0 radical (unpaired) electrons. The number of hydrogen-bond donors (Lipinski definition) is 4. The molecule has 1 heterocycles. The van der Waals surface area contributed by atoms with Crippen LogP contribution in [0, 0.1) is 13.8 Å². The molecule has 2 aromatic carbocycles. The molecule has 0 aliphatic carbocycles. The van der Waals surface area contributed by atoms with Gasteiger partial charge in [0.15, 0.2) is 0 Å². The summed E-state index contributed by atoms with van der Waals surface area (Å²) in [6.45, 7) is 9.96. The Hall–Kier alpha value is -3.29. The van der Waals surface area contributed by atoms with Gasteiger partial charge >= 0.3 is 0 Å². The van der Waals surface area contributed by atoms with Crippen molar-refractivity contribution >= 4 is 11.9 Å². The van der Waals surface area contributed by atoms with E-state index in [0.717, 1.165) is 16.8 Å². The van der Waals surface area contributed by atoms with Crippen LogP contribution in [0.1, 0.15) is 42.3 Å². The zero-order valence-corrected chi connectivity index (χ0v) is 20.2. The molecule has 178 valence electrons. The zero-order valence-electron chi connectivity index (χ0n) is 20.2. The van der Waals surface area contributed by atoms with E-state index in [9.17, 15) is 4.79 Å². The molecule has 0 aliphatic heterocycles. The van der Waals surface area contributed by atoms with Gasteiger partial charge in [0.05, 0.1) is 18.9 Å². The van der Waals surface area contributed by atoms with E-state index in [1.807, 2.05) is 58.0 Å². The summed E-state index contributed by atoms with van der Waals surface area (Å²) in [5.74, 6) is 0.219. The molecule has 1 unspecified atom stereocenters. The molecule has 1 amide bonds. The molecule has 7 heteroatoms. The Morgan fingerprint density at radius 2 is 1.64 bits per heavy atom. The number of aliphatic hydroxyl groups is 2. The number of anilines is 1. The molecule has 3 rings (SSSR count). The molecule has 1 aromatic heterocycles. The van der Waals surface area contributed by atoms with E-state index in [-0.39, 0.29) is 31.7 Å². The van der Waals surface area contributed by atoms with Crippen molar-refractivity contribution in [3.05, 3.63) is 77.5 Å². The van der Waals surface area contributed by atoms with Gasteiger partial charge in [-0.2, -0.15) is 0 Å². The normalized spacial score (nSPS) is 10.6. The maximum Gasteiger partial charge on any atom is 0.251 e. The lowest BCUT2D eigenvalue weighted by molar-refractivity contribution is 0.0945. The van der Waals surface area contributed by atoms with E-state index in [2.05, 4.69) is 39.7 Å². The fraction of sp³-hybridized carbons (Fsp3) is 0.346. The first-order chi connectivity index (χ1) is 15.9. The fourth-order valence-corrected chi connectivity index (χ4v) is 2.66. The number of carbonyl (C=O) groups excluding carboxylic acids is 1. The summed E-state index contributed by atoms with van der Waals surface area (Å²) in [5, 5.41) is 23.5. The molecule has 3 aromatic rings. The second kappa shape index (κ2) is 15.5. The summed E-state index contributed by atoms with van der Waals surface area (Å²) in [6, 6.07) is 17.2. The minimum atomic E-state index is -0.228. The second-order valence-corrected chi connectivity index (χ2v) is 7.16. The quantitative estimate of drug-likeness (QED) is 0.432. The first kappa shape index (κ1) is 27.7. The summed E-state index contributed by atoms with van der Waals surface area (Å²) >= 11 is 0. The summed E-state index contributed by atoms with van der Waals surface area (Å²) in [6.07, 6.45) is 1.72. The van der Waals surface area contributed by atoms with Crippen LogP contribution < -0.4 is 10.6 Å². The minimum Gasteiger partial charge on any atom is -0.395 e. The molecule has 1 atom stereocenters. The second-order valence-electron chi connectivity index (χ2n) is 7.16. The standard InChI is InChI=1S/C17H22N4O3.C7H8.C2H6/c1-11-9-19-17(20-12(2)10-23)21-15(11)13-3-5-14(6-4-13)16(24)18-7-8-22;1-7-5-3-2-4-6-7;1-2/h3-6,9,12,22-23H,7-8,10H2,1-2H3,(H,18,24)(H,19,20,21);2-6H,1H3;1-2H3. The number of benzene rings is 2. The van der Waals surface area contributed by atoms with Crippen LogP contribution in [0.25, 0.3) is 11.3 Å². The van der Waals surface area contributed by atoms with Gasteiger partial charge < -0.3 is 20.8 Å². The van der Waals surface area contributed by atoms with E-state index < -0.39 is 0 Å². The van der Waals surface area contributed by atoms with Crippen molar-refractivity contribution in [1.82, 2.24) is 15.3 Å². The predicted octanol–water partition coefficient (Wildman–Crippen LogP) is 3.99. The summed E-state index contributed by atoms with van der Waals surface area (Å²) in [7, 11) is 0. The molecule has 0 bridgehead atoms. The number of nitrogens with zero attached hydrogens (tertiary/aromatic N) is 2. The summed E-state index contributed by atoms with van der Waals surface area (Å²) in [5.41, 5.74) is 4.39. The van der Waals surface area contributed by atoms with Gasteiger partial charge in [-0.3, -0.25) is 4.79 Å². The van der Waals surface area contributed by atoms with Crippen molar-refractivity contribution in [3.63, 3.8) is 0 Å². The number of aliphatic hydroxyl groups excluding tert-OH is 2. The van der Waals surface area contributed by atoms with Gasteiger partial charge in [0.25, 0.3) is 5.91 Å². The molecule has 0 fully saturated rings. The Morgan fingerprint density at radius 3 is 2.15 bits per heavy atom. The lowest BCUT2D eigenvalue weighted by atomic mass is 10.1. The van der Waals surface area contributed by atoms with Gasteiger partial charge in [-0.15, -0.1) is 0 Å². The van der Waals surface area contributed by atoms with E-state index in [1.54, 1.807) is 18.3 Å². The SMILES string of the molecule is CC.Cc1ccccc1.Cc1cnc(NC(C)CO)nc1-c1ccc(C(=O)NCCO)cc1. The van der Waals surface area contributed by atoms with Crippen LogP contribution in [0.5, 0.6) is 0 Å². The van der Waals surface area contributed by atoms with Gasteiger partial charge in [-0.25, -0.2) is 9.97 Å². The predicted molar refractivity (Wildman–Crippen MR) is 134 cm³/mol. The Balaban J connectivity index is 0.000000508. The van der Waals surface area contributed by atoms with Crippen molar-refractivity contribution in [2.24, 2.45) is 0 Å². The largest absolute Gasteiger partial charge is 0.395 e. The van der Waals surface area contributed by atoms with Gasteiger partial charge in [0.2, 0.25) is 5.95 Å². The number of hydrogen-bond acceptors (Lipinski definition) is 6. The highest BCUT2D eigenvalue weighted by Crippen LogP contribution is 2.22. The summed E-state index contributed by atoms with van der Waals surface area (Å²) in [4.78, 5) is 20.5. The Morgan fingerprint density at radius 1 is 1.00 bits per heavy atom. The Bertz CT molecular complexity index is 948. The number of carbonyl (C=O) groups is 1. The monoisotopic (exact) mass is 452 g/mol. The van der Waals surface area contributed by atoms with E-state index >= 15 is 0 Å². The molecule has 0 aliphatic rings. The molecular formula is C26H36N4O3. The number of aromatic nitrogens is 2. The first-order valence-electron chi connectivity index (χ1n) is 11.2. The smallest absolute Gasteiger partial charge is 0.251 e. The molecule has 0 saturated heterocycles. The van der Waals surface area contributed by atoms with Crippen molar-refractivity contribution in [3.8, 4) is 11.3 Å². The number of amides is 1. The first-order valence-corrected chi connectivity index (χ1v) is 11.2. The van der Waals surface area contributed by atoms with Crippen LogP contribution in [-0.2, 0) is 0 Å². The zero-order chi connectivity index (χ0) is 24.6. The molecule has 33 heavy (non-hydrogen) atoms. The maximum absolute atomic E-state index is 11.8. The topological polar surface area (TPSA) is 107 Å². The highest BCUT2D eigenvalue weighted by molar-refractivity contribution is 5.94. The molecule has 4 N–H and O–H groups in total. The minimum absolute atomic E-state index is 0.00970. The van der Waals surface area contributed by atoms with Crippen molar-refractivity contribution < 1.29 is 15.0 Å². The number of aryl methyl sites for hydroxylation is 2. The van der Waals surface area contributed by atoms with Crippen LogP contribution in [-0.4, -0.2) is 51.9 Å². The summed E-state index contributed by atoms with van der Waals surface area (Å²) < 4.78 is 0. The van der Waals surface area contributed by atoms with Gasteiger partial charge in [-0.1, -0.05) is 61.9 Å². The highest BCUT2D eigenvalue weighted by atomic mass is 16.3. The Labute approximate surface area is 196 Å². The number of nitrogens with one attached hydrogen (secondary N) is 2.